The van der Waals surface area contributed by atoms with Crippen molar-refractivity contribution in [2.24, 2.45) is 0 Å². The number of hydrogen-bond acceptors (Lipinski definition) is 7. The van der Waals surface area contributed by atoms with Gasteiger partial charge in [-0.05, 0) is 31.0 Å². The summed E-state index contributed by atoms with van der Waals surface area (Å²) in [5, 5.41) is 13.6. The summed E-state index contributed by atoms with van der Waals surface area (Å²) in [5.74, 6) is -0.339. The average Bonchev–Trinajstić information content (AvgIpc) is 3.15. The molecule has 1 saturated heterocycles. The Labute approximate surface area is 176 Å². The fourth-order valence-electron chi connectivity index (χ4n) is 3.13. The van der Waals surface area contributed by atoms with Crippen molar-refractivity contribution in [3.8, 4) is 5.75 Å². The predicted molar refractivity (Wildman–Crippen MR) is 109 cm³/mol. The van der Waals surface area contributed by atoms with E-state index in [1.54, 1.807) is 0 Å². The van der Waals surface area contributed by atoms with Gasteiger partial charge in [-0.15, -0.1) is 11.3 Å². The Morgan fingerprint density at radius 1 is 1.34 bits per heavy atom. The van der Waals surface area contributed by atoms with E-state index < -0.39 is 26.9 Å². The van der Waals surface area contributed by atoms with E-state index in [0.29, 0.717) is 23.6 Å². The van der Waals surface area contributed by atoms with Gasteiger partial charge in [-0.3, -0.25) is 14.9 Å². The Morgan fingerprint density at radius 3 is 2.72 bits per heavy atom. The maximum atomic E-state index is 13.0. The number of nitro benzene ring substituents is 1. The molecule has 1 N–H and O–H groups in total. The first-order valence-corrected chi connectivity index (χ1v) is 11.3. The second-order valence-electron chi connectivity index (χ2n) is 6.32. The number of methoxy groups -OCH3 is 1. The molecule has 0 bridgehead atoms. The number of anilines is 1. The van der Waals surface area contributed by atoms with E-state index in [0.717, 1.165) is 15.6 Å². The van der Waals surface area contributed by atoms with Gasteiger partial charge >= 0.3 is 0 Å². The minimum atomic E-state index is -3.90. The maximum absolute atomic E-state index is 13.0. The number of thiophene rings is 1. The zero-order valence-electron chi connectivity index (χ0n) is 15.3. The molecule has 1 aliphatic rings. The van der Waals surface area contributed by atoms with Gasteiger partial charge in [0.25, 0.3) is 15.7 Å². The van der Waals surface area contributed by atoms with E-state index >= 15 is 0 Å². The largest absolute Gasteiger partial charge is 0.495 e. The van der Waals surface area contributed by atoms with Crippen LogP contribution in [0.1, 0.15) is 19.3 Å². The van der Waals surface area contributed by atoms with Gasteiger partial charge in [-0.1, -0.05) is 18.0 Å². The highest BCUT2D eigenvalue weighted by atomic mass is 35.5. The number of amides is 1. The lowest BCUT2D eigenvalue weighted by molar-refractivity contribution is -0.384. The Morgan fingerprint density at radius 2 is 2.10 bits per heavy atom. The Bertz CT molecular complexity index is 1040. The summed E-state index contributed by atoms with van der Waals surface area (Å²) in [6, 6.07) is 5.76. The fraction of sp³-hybridized carbons (Fsp3) is 0.353. The molecule has 1 aliphatic heterocycles. The second-order valence-corrected chi connectivity index (χ2v) is 10.1. The molecule has 2 aromatic rings. The van der Waals surface area contributed by atoms with Crippen LogP contribution in [0.4, 0.5) is 11.4 Å². The molecule has 1 unspecified atom stereocenters. The normalized spacial score (nSPS) is 17.7. The molecule has 3 rings (SSSR count). The van der Waals surface area contributed by atoms with Gasteiger partial charge in [0.05, 0.1) is 22.1 Å². The summed E-state index contributed by atoms with van der Waals surface area (Å²) in [6.07, 6.45) is 1.64. The van der Waals surface area contributed by atoms with Crippen LogP contribution in [0.2, 0.25) is 4.34 Å². The van der Waals surface area contributed by atoms with Crippen LogP contribution in [0.3, 0.4) is 0 Å². The van der Waals surface area contributed by atoms with Gasteiger partial charge in [-0.25, -0.2) is 8.42 Å². The highest BCUT2D eigenvalue weighted by molar-refractivity contribution is 7.91. The number of ether oxygens (including phenoxy) is 1. The van der Waals surface area contributed by atoms with E-state index in [1.165, 1.54) is 37.4 Å². The van der Waals surface area contributed by atoms with Crippen LogP contribution in [-0.2, 0) is 14.8 Å². The minimum Gasteiger partial charge on any atom is -0.495 e. The van der Waals surface area contributed by atoms with Crippen molar-refractivity contribution < 1.29 is 22.9 Å². The molecule has 0 spiro atoms. The molecule has 1 fully saturated rings. The lowest BCUT2D eigenvalue weighted by Crippen LogP contribution is -2.49. The highest BCUT2D eigenvalue weighted by Crippen LogP contribution is 2.33. The lowest BCUT2D eigenvalue weighted by atomic mass is 10.0. The molecule has 2 heterocycles. The third kappa shape index (κ3) is 4.53. The number of rotatable bonds is 6. The van der Waals surface area contributed by atoms with E-state index in [2.05, 4.69) is 5.32 Å². The van der Waals surface area contributed by atoms with Crippen LogP contribution in [0.25, 0.3) is 0 Å². The van der Waals surface area contributed by atoms with Gasteiger partial charge in [0.15, 0.2) is 0 Å². The molecular weight excluding hydrogens is 442 g/mol. The molecule has 1 amide bonds. The van der Waals surface area contributed by atoms with E-state index in [9.17, 15) is 23.3 Å². The van der Waals surface area contributed by atoms with E-state index in [4.69, 9.17) is 16.3 Å². The van der Waals surface area contributed by atoms with Gasteiger partial charge in [0.2, 0.25) is 5.91 Å². The van der Waals surface area contributed by atoms with Gasteiger partial charge in [-0.2, -0.15) is 4.31 Å². The van der Waals surface area contributed by atoms with Crippen molar-refractivity contribution in [1.82, 2.24) is 4.31 Å². The van der Waals surface area contributed by atoms with Crippen LogP contribution < -0.4 is 10.1 Å². The molecular formula is C17H18ClN3O6S2. The number of carbonyl (C=O) groups excluding carboxylic acids is 1. The van der Waals surface area contributed by atoms with Crippen molar-refractivity contribution in [1.29, 1.82) is 0 Å². The quantitative estimate of drug-likeness (QED) is 0.521. The van der Waals surface area contributed by atoms with Crippen molar-refractivity contribution in [2.75, 3.05) is 19.0 Å². The first kappa shape index (κ1) is 21.5. The number of carbonyl (C=O) groups is 1. The molecule has 12 heteroatoms. The molecule has 156 valence electrons. The monoisotopic (exact) mass is 459 g/mol. The first-order valence-electron chi connectivity index (χ1n) is 8.64. The number of benzene rings is 1. The van der Waals surface area contributed by atoms with Crippen molar-refractivity contribution in [3.05, 3.63) is 44.8 Å². The fourth-order valence-corrected chi connectivity index (χ4v) is 6.40. The standard InChI is InChI=1S/C17H18ClN3O6S2/c1-27-14-6-5-11(21(23)24)10-12(14)19-17(22)13-4-2-3-9-20(13)29(25,26)16-8-7-15(18)28-16/h5-8,10,13H,2-4,9H2,1H3,(H,19,22). The van der Waals surface area contributed by atoms with E-state index in [-0.39, 0.29) is 27.9 Å². The lowest BCUT2D eigenvalue weighted by Gasteiger charge is -2.33. The SMILES string of the molecule is COc1ccc([N+](=O)[O-])cc1NC(=O)C1CCCCN1S(=O)(=O)c1ccc(Cl)s1. The number of hydrogen-bond donors (Lipinski definition) is 1. The number of nitro groups is 1. The zero-order valence-corrected chi connectivity index (χ0v) is 17.7. The van der Waals surface area contributed by atoms with Crippen LogP contribution >= 0.6 is 22.9 Å². The van der Waals surface area contributed by atoms with Crippen LogP contribution in [-0.4, -0.2) is 43.2 Å². The number of piperidine rings is 1. The summed E-state index contributed by atoms with van der Waals surface area (Å²) in [4.78, 5) is 23.4. The number of sulfonamides is 1. The molecule has 1 aromatic heterocycles. The van der Waals surface area contributed by atoms with Crippen LogP contribution in [0, 0.1) is 10.1 Å². The second kappa shape index (κ2) is 8.66. The minimum absolute atomic E-state index is 0.0649. The maximum Gasteiger partial charge on any atom is 0.271 e. The summed E-state index contributed by atoms with van der Waals surface area (Å²) in [7, 11) is -2.53. The first-order chi connectivity index (χ1) is 13.7. The Kier molecular flexibility index (Phi) is 6.42. The average molecular weight is 460 g/mol. The molecule has 29 heavy (non-hydrogen) atoms. The van der Waals surface area contributed by atoms with Crippen LogP contribution in [0.5, 0.6) is 5.75 Å². The van der Waals surface area contributed by atoms with Crippen LogP contribution in [0.15, 0.2) is 34.5 Å². The Balaban J connectivity index is 1.89. The number of non-ortho nitro benzene ring substituents is 1. The topological polar surface area (TPSA) is 119 Å². The van der Waals surface area contributed by atoms with Gasteiger partial charge < -0.3 is 10.1 Å². The zero-order chi connectivity index (χ0) is 21.2. The molecule has 0 aliphatic carbocycles. The number of nitrogens with one attached hydrogen (secondary N) is 1. The summed E-state index contributed by atoms with van der Waals surface area (Å²) in [5.41, 5.74) is -0.115. The third-order valence-corrected chi connectivity index (χ3v) is 8.13. The molecule has 1 aromatic carbocycles. The van der Waals surface area contributed by atoms with Crippen molar-refractivity contribution >= 4 is 50.2 Å². The van der Waals surface area contributed by atoms with Crippen molar-refractivity contribution in [3.63, 3.8) is 0 Å². The molecule has 0 radical (unpaired) electrons. The summed E-state index contributed by atoms with van der Waals surface area (Å²) in [6.45, 7) is 0.196. The predicted octanol–water partition coefficient (Wildman–Crippen LogP) is 3.50. The van der Waals surface area contributed by atoms with Crippen molar-refractivity contribution in [2.45, 2.75) is 29.5 Å². The molecule has 1 atom stereocenters. The number of halogens is 1. The smallest absolute Gasteiger partial charge is 0.271 e. The highest BCUT2D eigenvalue weighted by Gasteiger charge is 2.38. The molecule has 9 nitrogen and oxygen atoms in total. The Hall–Kier alpha value is -2.21. The summed E-state index contributed by atoms with van der Waals surface area (Å²) < 4.78 is 32.8. The number of nitrogens with zero attached hydrogens (tertiary/aromatic N) is 2. The third-order valence-electron chi connectivity index (χ3n) is 4.52. The summed E-state index contributed by atoms with van der Waals surface area (Å²) >= 11 is 6.80. The molecule has 0 saturated carbocycles. The van der Waals surface area contributed by atoms with Gasteiger partial charge in [0, 0.05) is 18.7 Å². The van der Waals surface area contributed by atoms with E-state index in [1.807, 2.05) is 0 Å². The van der Waals surface area contributed by atoms with Gasteiger partial charge in [0.1, 0.15) is 16.0 Å².